The van der Waals surface area contributed by atoms with Gasteiger partial charge in [-0.15, -0.1) is 0 Å². The molecule has 0 amide bonds. The summed E-state index contributed by atoms with van der Waals surface area (Å²) in [4.78, 5) is 0.210. The van der Waals surface area contributed by atoms with Gasteiger partial charge in [-0.3, -0.25) is 0 Å². The molecule has 0 saturated heterocycles. The summed E-state index contributed by atoms with van der Waals surface area (Å²) in [6.07, 6.45) is 4.58. The normalized spacial score (nSPS) is 23.9. The number of hydrogen-bond donors (Lipinski definition) is 2. The first-order valence-corrected chi connectivity index (χ1v) is 8.69. The third-order valence-corrected chi connectivity index (χ3v) is 5.64. The van der Waals surface area contributed by atoms with Crippen molar-refractivity contribution in [3.63, 3.8) is 0 Å². The smallest absolute Gasteiger partial charge is 0.244 e. The maximum absolute atomic E-state index is 12.3. The molecule has 0 bridgehead atoms. The van der Waals surface area contributed by atoms with Crippen molar-refractivity contribution in [3.8, 4) is 0 Å². The van der Waals surface area contributed by atoms with Crippen molar-refractivity contribution < 1.29 is 12.8 Å². The van der Waals surface area contributed by atoms with Gasteiger partial charge in [-0.1, -0.05) is 19.8 Å². The molecule has 114 valence electrons. The van der Waals surface area contributed by atoms with Crippen LogP contribution in [-0.4, -0.2) is 15.0 Å². The SMILES string of the molecule is Cc1oc(CN)cc1S(=O)(=O)NCC1CCC(C)CC1. The highest BCUT2D eigenvalue weighted by molar-refractivity contribution is 7.89. The van der Waals surface area contributed by atoms with Gasteiger partial charge < -0.3 is 10.2 Å². The number of nitrogens with one attached hydrogen (secondary N) is 1. The Kier molecular flexibility index (Phi) is 4.88. The molecule has 0 unspecified atom stereocenters. The van der Waals surface area contributed by atoms with E-state index in [1.165, 1.54) is 18.9 Å². The van der Waals surface area contributed by atoms with Crippen LogP contribution in [0.15, 0.2) is 15.4 Å². The molecular weight excluding hydrogens is 276 g/mol. The maximum atomic E-state index is 12.3. The van der Waals surface area contributed by atoms with Gasteiger partial charge in [0.1, 0.15) is 16.4 Å². The highest BCUT2D eigenvalue weighted by Crippen LogP contribution is 2.28. The average molecular weight is 300 g/mol. The molecule has 3 N–H and O–H groups in total. The van der Waals surface area contributed by atoms with Gasteiger partial charge >= 0.3 is 0 Å². The van der Waals surface area contributed by atoms with Crippen LogP contribution in [0.1, 0.15) is 44.1 Å². The Balaban J connectivity index is 1.98. The Morgan fingerprint density at radius 3 is 2.55 bits per heavy atom. The summed E-state index contributed by atoms with van der Waals surface area (Å²) in [6.45, 7) is 4.62. The summed E-state index contributed by atoms with van der Waals surface area (Å²) >= 11 is 0. The number of furan rings is 1. The number of nitrogens with two attached hydrogens (primary N) is 1. The fraction of sp³-hybridized carbons (Fsp3) is 0.714. The van der Waals surface area contributed by atoms with Gasteiger partial charge in [0, 0.05) is 12.6 Å². The van der Waals surface area contributed by atoms with Crippen molar-refractivity contribution in [2.24, 2.45) is 17.6 Å². The summed E-state index contributed by atoms with van der Waals surface area (Å²) in [5, 5.41) is 0. The lowest BCUT2D eigenvalue weighted by atomic mass is 9.83. The van der Waals surface area contributed by atoms with Crippen LogP contribution < -0.4 is 10.5 Å². The lowest BCUT2D eigenvalue weighted by Gasteiger charge is -2.26. The highest BCUT2D eigenvalue weighted by atomic mass is 32.2. The molecule has 2 rings (SSSR count). The van der Waals surface area contributed by atoms with E-state index in [4.69, 9.17) is 10.2 Å². The van der Waals surface area contributed by atoms with Crippen LogP contribution in [0.2, 0.25) is 0 Å². The van der Waals surface area contributed by atoms with Crippen LogP contribution in [0.5, 0.6) is 0 Å². The van der Waals surface area contributed by atoms with Crippen molar-refractivity contribution in [1.82, 2.24) is 4.72 Å². The number of sulfonamides is 1. The van der Waals surface area contributed by atoms with Crippen LogP contribution in [-0.2, 0) is 16.6 Å². The molecule has 0 radical (unpaired) electrons. The van der Waals surface area contributed by atoms with Crippen LogP contribution in [0.25, 0.3) is 0 Å². The van der Waals surface area contributed by atoms with Crippen LogP contribution in [0, 0.1) is 18.8 Å². The summed E-state index contributed by atoms with van der Waals surface area (Å²) < 4.78 is 32.6. The van der Waals surface area contributed by atoms with E-state index in [2.05, 4.69) is 11.6 Å². The average Bonchev–Trinajstić information content (AvgIpc) is 2.80. The van der Waals surface area contributed by atoms with Crippen molar-refractivity contribution in [2.75, 3.05) is 6.54 Å². The minimum atomic E-state index is -3.49. The van der Waals surface area contributed by atoms with E-state index in [1.54, 1.807) is 6.92 Å². The zero-order valence-corrected chi connectivity index (χ0v) is 13.0. The molecule has 20 heavy (non-hydrogen) atoms. The second-order valence-electron chi connectivity index (χ2n) is 5.82. The Hall–Kier alpha value is -0.850. The zero-order chi connectivity index (χ0) is 14.8. The van der Waals surface area contributed by atoms with E-state index in [0.29, 0.717) is 24.0 Å². The maximum Gasteiger partial charge on any atom is 0.244 e. The van der Waals surface area contributed by atoms with E-state index < -0.39 is 10.0 Å². The number of hydrogen-bond acceptors (Lipinski definition) is 4. The standard InChI is InChI=1S/C14H24N2O3S/c1-10-3-5-12(6-4-10)9-16-20(17,18)14-7-13(8-15)19-11(14)2/h7,10,12,16H,3-6,8-9,15H2,1-2H3. The first-order valence-electron chi connectivity index (χ1n) is 7.21. The van der Waals surface area contributed by atoms with E-state index in [0.717, 1.165) is 18.8 Å². The van der Waals surface area contributed by atoms with Crippen molar-refractivity contribution in [3.05, 3.63) is 17.6 Å². The van der Waals surface area contributed by atoms with Gasteiger partial charge in [0.15, 0.2) is 0 Å². The van der Waals surface area contributed by atoms with Gasteiger partial charge in [-0.05, 0) is 31.6 Å². The van der Waals surface area contributed by atoms with Gasteiger partial charge in [-0.25, -0.2) is 13.1 Å². The Morgan fingerprint density at radius 1 is 1.35 bits per heavy atom. The van der Waals surface area contributed by atoms with Crippen molar-refractivity contribution >= 4 is 10.0 Å². The Morgan fingerprint density at radius 2 is 2.00 bits per heavy atom. The molecule has 1 aliphatic carbocycles. The molecule has 6 heteroatoms. The van der Waals surface area contributed by atoms with Gasteiger partial charge in [0.2, 0.25) is 10.0 Å². The molecule has 0 atom stereocenters. The van der Waals surface area contributed by atoms with Crippen LogP contribution >= 0.6 is 0 Å². The summed E-state index contributed by atoms with van der Waals surface area (Å²) in [5.41, 5.74) is 5.47. The lowest BCUT2D eigenvalue weighted by Crippen LogP contribution is -2.31. The summed E-state index contributed by atoms with van der Waals surface area (Å²) in [5.74, 6) is 2.11. The molecule has 1 fully saturated rings. The van der Waals surface area contributed by atoms with E-state index in [9.17, 15) is 8.42 Å². The number of rotatable bonds is 5. The summed E-state index contributed by atoms with van der Waals surface area (Å²) in [6, 6.07) is 1.51. The first-order chi connectivity index (χ1) is 9.42. The highest BCUT2D eigenvalue weighted by Gasteiger charge is 2.24. The van der Waals surface area contributed by atoms with Gasteiger partial charge in [0.05, 0.1) is 6.54 Å². The van der Waals surface area contributed by atoms with E-state index >= 15 is 0 Å². The van der Waals surface area contributed by atoms with Crippen molar-refractivity contribution in [2.45, 2.75) is 51.0 Å². The summed E-state index contributed by atoms with van der Waals surface area (Å²) in [7, 11) is -3.49. The second-order valence-corrected chi connectivity index (χ2v) is 7.55. The largest absolute Gasteiger partial charge is 0.464 e. The lowest BCUT2D eigenvalue weighted by molar-refractivity contribution is 0.290. The van der Waals surface area contributed by atoms with Crippen molar-refractivity contribution in [1.29, 1.82) is 0 Å². The molecule has 1 aliphatic rings. The molecule has 1 saturated carbocycles. The van der Waals surface area contributed by atoms with Gasteiger partial charge in [-0.2, -0.15) is 0 Å². The topological polar surface area (TPSA) is 85.3 Å². The second kappa shape index (κ2) is 6.28. The predicted molar refractivity (Wildman–Crippen MR) is 77.6 cm³/mol. The van der Waals surface area contributed by atoms with Crippen LogP contribution in [0.4, 0.5) is 0 Å². The van der Waals surface area contributed by atoms with Crippen LogP contribution in [0.3, 0.4) is 0 Å². The molecule has 1 aromatic rings. The quantitative estimate of drug-likeness (QED) is 0.872. The zero-order valence-electron chi connectivity index (χ0n) is 12.2. The molecule has 5 nitrogen and oxygen atoms in total. The third kappa shape index (κ3) is 3.62. The minimum Gasteiger partial charge on any atom is -0.464 e. The molecule has 1 heterocycles. The monoisotopic (exact) mass is 300 g/mol. The van der Waals surface area contributed by atoms with Gasteiger partial charge in [0.25, 0.3) is 0 Å². The fourth-order valence-corrected chi connectivity index (χ4v) is 4.05. The third-order valence-electron chi connectivity index (χ3n) is 4.11. The molecule has 1 aromatic heterocycles. The predicted octanol–water partition coefficient (Wildman–Crippen LogP) is 2.15. The number of aryl methyl sites for hydroxylation is 1. The molecule has 0 aliphatic heterocycles. The molecule has 0 spiro atoms. The van der Waals surface area contributed by atoms with E-state index in [-0.39, 0.29) is 11.4 Å². The molecular formula is C14H24N2O3S. The van der Waals surface area contributed by atoms with E-state index in [1.807, 2.05) is 0 Å². The first kappa shape index (κ1) is 15.5. The fourth-order valence-electron chi connectivity index (χ4n) is 2.73. The molecule has 0 aromatic carbocycles. The Bertz CT molecular complexity index is 543. The Labute approximate surface area is 121 Å². The minimum absolute atomic E-state index is 0.205.